The van der Waals surface area contributed by atoms with Crippen molar-refractivity contribution < 1.29 is 13.2 Å². The molecule has 1 aliphatic heterocycles. The molecule has 2 aromatic carbocycles. The van der Waals surface area contributed by atoms with Gasteiger partial charge in [0.15, 0.2) is 0 Å². The summed E-state index contributed by atoms with van der Waals surface area (Å²) in [6, 6.07) is 14.0. The third-order valence-electron chi connectivity index (χ3n) is 3.84. The Hall–Kier alpha value is -1.83. The molecule has 26 heavy (non-hydrogen) atoms. The van der Waals surface area contributed by atoms with Gasteiger partial charge in [0.25, 0.3) is 10.0 Å². The number of nitrogens with zero attached hydrogens (tertiary/aromatic N) is 2. The summed E-state index contributed by atoms with van der Waals surface area (Å²) in [5.41, 5.74) is 1.71. The average molecular weight is 456 g/mol. The van der Waals surface area contributed by atoms with E-state index in [1.807, 2.05) is 31.2 Å². The fourth-order valence-electron chi connectivity index (χ4n) is 2.34. The molecule has 136 valence electrons. The molecule has 2 aromatic rings. The van der Waals surface area contributed by atoms with E-state index in [9.17, 15) is 8.42 Å². The number of hydrogen-bond donors (Lipinski definition) is 0. The van der Waals surface area contributed by atoms with Gasteiger partial charge in [-0.05, 0) is 43.3 Å². The van der Waals surface area contributed by atoms with Gasteiger partial charge in [-0.1, -0.05) is 45.2 Å². The topological polar surface area (TPSA) is 59.0 Å². The molecule has 0 unspecified atom stereocenters. The lowest BCUT2D eigenvalue weighted by Crippen LogP contribution is -2.31. The minimum Gasteiger partial charge on any atom is -0.420 e. The van der Waals surface area contributed by atoms with Crippen molar-refractivity contribution in [3.63, 3.8) is 0 Å². The number of sulfonamides is 1. The monoisotopic (exact) mass is 454 g/mol. The third-order valence-corrected chi connectivity index (χ3v) is 6.41. The first kappa shape index (κ1) is 18.9. The molecular formula is C18H16BrClN2O3S. The van der Waals surface area contributed by atoms with Crippen LogP contribution in [0, 0.1) is 6.92 Å². The van der Waals surface area contributed by atoms with E-state index in [1.54, 1.807) is 24.3 Å². The molecule has 0 saturated heterocycles. The number of aryl methyl sites for hydroxylation is 1. The minimum absolute atomic E-state index is 0.0557. The Morgan fingerprint density at radius 3 is 2.35 bits per heavy atom. The van der Waals surface area contributed by atoms with Crippen LogP contribution in [-0.2, 0) is 14.8 Å². The number of ether oxygens (including phenoxy) is 1. The second kappa shape index (κ2) is 7.42. The molecule has 0 bridgehead atoms. The predicted octanol–water partition coefficient (Wildman–Crippen LogP) is 4.26. The van der Waals surface area contributed by atoms with Crippen molar-refractivity contribution in [2.45, 2.75) is 11.8 Å². The van der Waals surface area contributed by atoms with Crippen LogP contribution in [0.5, 0.6) is 0 Å². The molecule has 5 nitrogen and oxygen atoms in total. The molecule has 0 aromatic heterocycles. The van der Waals surface area contributed by atoms with E-state index in [-0.39, 0.29) is 22.4 Å². The maximum Gasteiger partial charge on any atom is 0.266 e. The highest BCUT2D eigenvalue weighted by atomic mass is 79.9. The number of halogens is 2. The molecule has 0 fully saturated rings. The Morgan fingerprint density at radius 2 is 1.73 bits per heavy atom. The summed E-state index contributed by atoms with van der Waals surface area (Å²) in [6.45, 7) is 2.04. The second-order valence-electron chi connectivity index (χ2n) is 5.73. The zero-order valence-corrected chi connectivity index (χ0v) is 17.3. The van der Waals surface area contributed by atoms with Gasteiger partial charge < -0.3 is 4.74 Å². The van der Waals surface area contributed by atoms with Gasteiger partial charge in [0, 0.05) is 17.1 Å². The molecule has 0 radical (unpaired) electrons. The van der Waals surface area contributed by atoms with Crippen molar-refractivity contribution >= 4 is 43.5 Å². The minimum atomic E-state index is -3.80. The third kappa shape index (κ3) is 3.79. The molecule has 0 saturated carbocycles. The van der Waals surface area contributed by atoms with E-state index >= 15 is 0 Å². The molecule has 0 spiro atoms. The molecule has 3 rings (SSSR count). The Morgan fingerprint density at radius 1 is 1.12 bits per heavy atom. The van der Waals surface area contributed by atoms with Gasteiger partial charge in [0.1, 0.15) is 5.03 Å². The smallest absolute Gasteiger partial charge is 0.266 e. The lowest BCUT2D eigenvalue weighted by atomic mass is 10.2. The van der Waals surface area contributed by atoms with Crippen molar-refractivity contribution in [2.24, 2.45) is 4.99 Å². The maximum absolute atomic E-state index is 12.9. The van der Waals surface area contributed by atoms with Crippen LogP contribution < -0.4 is 0 Å². The van der Waals surface area contributed by atoms with Crippen molar-refractivity contribution in [2.75, 3.05) is 13.6 Å². The Bertz CT molecular complexity index is 984. The summed E-state index contributed by atoms with van der Waals surface area (Å²) in [7, 11) is -2.38. The number of benzene rings is 2. The van der Waals surface area contributed by atoms with Gasteiger partial charge in [-0.2, -0.15) is 0 Å². The first-order chi connectivity index (χ1) is 12.3. The number of rotatable bonds is 4. The predicted molar refractivity (Wildman–Crippen MR) is 106 cm³/mol. The van der Waals surface area contributed by atoms with E-state index in [4.69, 9.17) is 16.3 Å². The van der Waals surface area contributed by atoms with E-state index in [1.165, 1.54) is 7.05 Å². The fraction of sp³-hybridized carbons (Fsp3) is 0.167. The van der Waals surface area contributed by atoms with Crippen LogP contribution in [0.2, 0.25) is 0 Å². The summed E-state index contributed by atoms with van der Waals surface area (Å²) in [6.07, 6.45) is 0. The van der Waals surface area contributed by atoms with E-state index in [0.717, 1.165) is 19.9 Å². The number of aliphatic imine (C=N–C) groups is 1. The van der Waals surface area contributed by atoms with Gasteiger partial charge in [0.05, 0.1) is 11.4 Å². The van der Waals surface area contributed by atoms with Crippen molar-refractivity contribution in [1.82, 2.24) is 4.31 Å². The normalized spacial score (nSPS) is 14.7. The number of hydrogen-bond acceptors (Lipinski definition) is 4. The van der Waals surface area contributed by atoms with Crippen LogP contribution in [0.1, 0.15) is 11.1 Å². The summed E-state index contributed by atoms with van der Waals surface area (Å²) in [5, 5.41) is 0.226. The van der Waals surface area contributed by atoms with Gasteiger partial charge >= 0.3 is 0 Å². The van der Waals surface area contributed by atoms with Gasteiger partial charge in [-0.3, -0.25) is 0 Å². The van der Waals surface area contributed by atoms with Crippen LogP contribution in [-0.4, -0.2) is 32.2 Å². The van der Waals surface area contributed by atoms with Crippen LogP contribution >= 0.6 is 27.5 Å². The quantitative estimate of drug-likeness (QED) is 0.692. The van der Waals surface area contributed by atoms with E-state index < -0.39 is 10.0 Å². The lowest BCUT2D eigenvalue weighted by molar-refractivity contribution is 0.302. The second-order valence-corrected chi connectivity index (χ2v) is 9.07. The molecule has 1 aliphatic rings. The first-order valence-electron chi connectivity index (χ1n) is 7.71. The summed E-state index contributed by atoms with van der Waals surface area (Å²) >= 11 is 9.58. The van der Waals surface area contributed by atoms with Crippen LogP contribution in [0.4, 0.5) is 0 Å². The van der Waals surface area contributed by atoms with Gasteiger partial charge in [0.2, 0.25) is 11.8 Å². The SMILES string of the molecule is Cc1ccc(S(=O)(=O)N(C)C2=C(Cl)CN=C(c3ccc(Br)cc3)O2)cc1. The highest BCUT2D eigenvalue weighted by molar-refractivity contribution is 9.10. The summed E-state index contributed by atoms with van der Waals surface area (Å²) < 4.78 is 33.5. The van der Waals surface area contributed by atoms with E-state index in [0.29, 0.717) is 5.90 Å². The molecule has 8 heteroatoms. The zero-order valence-electron chi connectivity index (χ0n) is 14.1. The molecule has 1 heterocycles. The average Bonchev–Trinajstić information content (AvgIpc) is 2.62. The van der Waals surface area contributed by atoms with Crippen LogP contribution in [0.3, 0.4) is 0 Å². The molecule has 0 atom stereocenters. The fourth-order valence-corrected chi connectivity index (χ4v) is 4.04. The van der Waals surface area contributed by atoms with Crippen molar-refractivity contribution in [3.05, 3.63) is 75.0 Å². The highest BCUT2D eigenvalue weighted by Crippen LogP contribution is 2.27. The lowest BCUT2D eigenvalue weighted by Gasteiger charge is -2.26. The van der Waals surface area contributed by atoms with Crippen molar-refractivity contribution in [1.29, 1.82) is 0 Å². The van der Waals surface area contributed by atoms with E-state index in [2.05, 4.69) is 20.9 Å². The highest BCUT2D eigenvalue weighted by Gasteiger charge is 2.29. The van der Waals surface area contributed by atoms with Crippen LogP contribution in [0.25, 0.3) is 0 Å². The van der Waals surface area contributed by atoms with Gasteiger partial charge in [-0.15, -0.1) is 0 Å². The molecule has 0 aliphatic carbocycles. The molecule has 0 amide bonds. The Kier molecular flexibility index (Phi) is 5.41. The summed E-state index contributed by atoms with van der Waals surface area (Å²) in [5.74, 6) is 0.378. The summed E-state index contributed by atoms with van der Waals surface area (Å²) in [4.78, 5) is 4.44. The van der Waals surface area contributed by atoms with Crippen molar-refractivity contribution in [3.8, 4) is 0 Å². The van der Waals surface area contributed by atoms with Crippen LogP contribution in [0.15, 0.2) is 73.8 Å². The maximum atomic E-state index is 12.9. The largest absolute Gasteiger partial charge is 0.420 e. The first-order valence-corrected chi connectivity index (χ1v) is 10.3. The van der Waals surface area contributed by atoms with Gasteiger partial charge in [-0.25, -0.2) is 17.7 Å². The molecule has 0 N–H and O–H groups in total. The Labute approximate surface area is 166 Å². The zero-order chi connectivity index (χ0) is 18.9. The Balaban J connectivity index is 1.89. The standard InChI is InChI=1S/C18H16BrClN2O3S/c1-12-3-9-15(10-4-12)26(23,24)22(2)18-16(20)11-21-17(25-18)13-5-7-14(19)8-6-13/h3-10H,11H2,1-2H3. The molecular weight excluding hydrogens is 440 g/mol.